The standard InChI is InChI=1S/C10H6N2O2/c13-9-5-6-1-2-8-7(3-4-14-8)10(6)12-11-9/h1-5H,(H,11,13). The number of benzene rings is 1. The summed E-state index contributed by atoms with van der Waals surface area (Å²) in [7, 11) is 0. The number of aromatic amines is 1. The topological polar surface area (TPSA) is 58.9 Å². The van der Waals surface area contributed by atoms with Crippen LogP contribution in [0.25, 0.3) is 21.9 Å². The van der Waals surface area contributed by atoms with E-state index >= 15 is 0 Å². The lowest BCUT2D eigenvalue weighted by atomic mass is 10.2. The molecule has 3 aromatic rings. The number of H-pyrrole nitrogens is 1. The average Bonchev–Trinajstić information content (AvgIpc) is 2.65. The first-order valence-electron chi connectivity index (χ1n) is 4.20. The Bertz CT molecular complexity index is 666. The van der Waals surface area contributed by atoms with Gasteiger partial charge < -0.3 is 4.42 Å². The van der Waals surface area contributed by atoms with Gasteiger partial charge in [0, 0.05) is 16.8 Å². The van der Waals surface area contributed by atoms with E-state index in [0.717, 1.165) is 21.9 Å². The molecule has 3 rings (SSSR count). The van der Waals surface area contributed by atoms with Gasteiger partial charge in [0.2, 0.25) is 0 Å². The molecule has 0 aliphatic carbocycles. The molecule has 4 heteroatoms. The van der Waals surface area contributed by atoms with Crippen LogP contribution in [0.4, 0.5) is 0 Å². The highest BCUT2D eigenvalue weighted by molar-refractivity contribution is 6.02. The number of nitrogens with zero attached hydrogens (tertiary/aromatic N) is 1. The molecule has 0 radical (unpaired) electrons. The van der Waals surface area contributed by atoms with Gasteiger partial charge in [-0.15, -0.1) is 0 Å². The van der Waals surface area contributed by atoms with E-state index in [1.807, 2.05) is 18.2 Å². The second-order valence-electron chi connectivity index (χ2n) is 3.07. The van der Waals surface area contributed by atoms with Gasteiger partial charge in [-0.1, -0.05) is 0 Å². The molecular weight excluding hydrogens is 180 g/mol. The molecule has 2 heterocycles. The molecule has 0 spiro atoms. The number of hydrogen-bond donors (Lipinski definition) is 1. The minimum atomic E-state index is -0.194. The molecule has 1 aromatic carbocycles. The molecule has 2 aromatic heterocycles. The quantitative estimate of drug-likeness (QED) is 0.581. The highest BCUT2D eigenvalue weighted by atomic mass is 16.3. The Kier molecular flexibility index (Phi) is 1.28. The Morgan fingerprint density at radius 2 is 2.21 bits per heavy atom. The predicted molar refractivity (Wildman–Crippen MR) is 52.1 cm³/mol. The molecule has 0 amide bonds. The van der Waals surface area contributed by atoms with Gasteiger partial charge in [0.15, 0.2) is 0 Å². The third-order valence-electron chi connectivity index (χ3n) is 2.20. The average molecular weight is 186 g/mol. The highest BCUT2D eigenvalue weighted by Crippen LogP contribution is 2.22. The molecule has 0 saturated heterocycles. The van der Waals surface area contributed by atoms with Gasteiger partial charge in [-0.2, -0.15) is 5.10 Å². The molecule has 4 nitrogen and oxygen atoms in total. The fraction of sp³-hybridized carbons (Fsp3) is 0. The van der Waals surface area contributed by atoms with E-state index in [1.165, 1.54) is 6.07 Å². The first-order valence-corrected chi connectivity index (χ1v) is 4.20. The molecule has 1 N–H and O–H groups in total. The lowest BCUT2D eigenvalue weighted by Crippen LogP contribution is -2.05. The van der Waals surface area contributed by atoms with E-state index in [0.29, 0.717) is 0 Å². The maximum atomic E-state index is 11.0. The Hall–Kier alpha value is -2.10. The summed E-state index contributed by atoms with van der Waals surface area (Å²) in [6, 6.07) is 7.01. The van der Waals surface area contributed by atoms with Crippen LogP contribution in [0, 0.1) is 0 Å². The maximum absolute atomic E-state index is 11.0. The summed E-state index contributed by atoms with van der Waals surface area (Å²) in [5, 5.41) is 8.13. The van der Waals surface area contributed by atoms with Crippen molar-refractivity contribution < 1.29 is 4.42 Å². The van der Waals surface area contributed by atoms with Crippen LogP contribution in [-0.4, -0.2) is 10.2 Å². The summed E-state index contributed by atoms with van der Waals surface area (Å²) in [6.45, 7) is 0. The third kappa shape index (κ3) is 0.877. The molecule has 0 fully saturated rings. The minimum Gasteiger partial charge on any atom is -0.464 e. The summed E-state index contributed by atoms with van der Waals surface area (Å²) in [5.41, 5.74) is 1.34. The lowest BCUT2D eigenvalue weighted by molar-refractivity contribution is 0.616. The number of furan rings is 1. The van der Waals surface area contributed by atoms with Crippen molar-refractivity contribution in [1.82, 2.24) is 10.2 Å². The van der Waals surface area contributed by atoms with E-state index in [2.05, 4.69) is 10.2 Å². The van der Waals surface area contributed by atoms with Crippen LogP contribution in [0.5, 0.6) is 0 Å². The van der Waals surface area contributed by atoms with E-state index in [9.17, 15) is 4.79 Å². The first kappa shape index (κ1) is 7.32. The van der Waals surface area contributed by atoms with Crippen molar-refractivity contribution in [3.05, 3.63) is 40.9 Å². The molecule has 0 saturated carbocycles. The number of aromatic nitrogens is 2. The smallest absolute Gasteiger partial charge is 0.264 e. The van der Waals surface area contributed by atoms with Crippen molar-refractivity contribution in [2.45, 2.75) is 0 Å². The molecular formula is C10H6N2O2. The first-order chi connectivity index (χ1) is 6.84. The SMILES string of the molecule is O=c1cc2ccc3occc3c2n[nH]1. The van der Waals surface area contributed by atoms with E-state index in [-0.39, 0.29) is 5.56 Å². The van der Waals surface area contributed by atoms with Gasteiger partial charge >= 0.3 is 0 Å². The normalized spacial score (nSPS) is 11.1. The van der Waals surface area contributed by atoms with Crippen LogP contribution in [0.3, 0.4) is 0 Å². The summed E-state index contributed by atoms with van der Waals surface area (Å²) >= 11 is 0. The summed E-state index contributed by atoms with van der Waals surface area (Å²) in [4.78, 5) is 11.0. The van der Waals surface area contributed by atoms with Crippen molar-refractivity contribution in [2.24, 2.45) is 0 Å². The van der Waals surface area contributed by atoms with Crippen molar-refractivity contribution in [3.63, 3.8) is 0 Å². The van der Waals surface area contributed by atoms with Gasteiger partial charge in [0.05, 0.1) is 6.26 Å². The number of fused-ring (bicyclic) bond motifs is 3. The molecule has 14 heavy (non-hydrogen) atoms. The van der Waals surface area contributed by atoms with Crippen molar-refractivity contribution in [3.8, 4) is 0 Å². The molecule has 0 aliphatic rings. The summed E-state index contributed by atoms with van der Waals surface area (Å²) in [5.74, 6) is 0. The fourth-order valence-electron chi connectivity index (χ4n) is 1.57. The largest absolute Gasteiger partial charge is 0.464 e. The summed E-state index contributed by atoms with van der Waals surface area (Å²) in [6.07, 6.45) is 1.61. The van der Waals surface area contributed by atoms with Crippen LogP contribution in [0.2, 0.25) is 0 Å². The molecule has 68 valence electrons. The van der Waals surface area contributed by atoms with Gasteiger partial charge in [-0.25, -0.2) is 5.10 Å². The van der Waals surface area contributed by atoms with E-state index < -0.39 is 0 Å². The zero-order valence-electron chi connectivity index (χ0n) is 7.15. The zero-order valence-corrected chi connectivity index (χ0v) is 7.15. The van der Waals surface area contributed by atoms with Crippen LogP contribution in [-0.2, 0) is 0 Å². The number of hydrogen-bond acceptors (Lipinski definition) is 3. The van der Waals surface area contributed by atoms with E-state index in [4.69, 9.17) is 4.42 Å². The molecule has 0 bridgehead atoms. The van der Waals surface area contributed by atoms with Gasteiger partial charge in [-0.3, -0.25) is 4.79 Å². The van der Waals surface area contributed by atoms with Gasteiger partial charge in [-0.05, 0) is 18.2 Å². The second kappa shape index (κ2) is 2.45. The monoisotopic (exact) mass is 186 g/mol. The Morgan fingerprint density at radius 1 is 1.29 bits per heavy atom. The predicted octanol–water partition coefficient (Wildman–Crippen LogP) is 1.67. The lowest BCUT2D eigenvalue weighted by Gasteiger charge is -1.95. The van der Waals surface area contributed by atoms with Crippen LogP contribution >= 0.6 is 0 Å². The molecule has 0 aliphatic heterocycles. The number of rotatable bonds is 0. The van der Waals surface area contributed by atoms with Crippen molar-refractivity contribution >= 4 is 21.9 Å². The van der Waals surface area contributed by atoms with Crippen molar-refractivity contribution in [1.29, 1.82) is 0 Å². The Labute approximate surface area is 78.2 Å². The van der Waals surface area contributed by atoms with E-state index in [1.54, 1.807) is 6.26 Å². The minimum absolute atomic E-state index is 0.194. The Morgan fingerprint density at radius 3 is 3.14 bits per heavy atom. The van der Waals surface area contributed by atoms with Gasteiger partial charge in [0.1, 0.15) is 11.1 Å². The molecule has 0 unspecified atom stereocenters. The second-order valence-corrected chi connectivity index (χ2v) is 3.07. The van der Waals surface area contributed by atoms with Crippen LogP contribution in [0.15, 0.2) is 39.7 Å². The summed E-state index contributed by atoms with van der Waals surface area (Å²) < 4.78 is 5.22. The molecule has 0 atom stereocenters. The van der Waals surface area contributed by atoms with Gasteiger partial charge in [0.25, 0.3) is 5.56 Å². The number of nitrogens with one attached hydrogen (secondary N) is 1. The fourth-order valence-corrected chi connectivity index (χ4v) is 1.57. The Balaban J connectivity index is 2.63. The van der Waals surface area contributed by atoms with Crippen LogP contribution < -0.4 is 5.56 Å². The maximum Gasteiger partial charge on any atom is 0.264 e. The zero-order chi connectivity index (χ0) is 9.54. The highest BCUT2D eigenvalue weighted by Gasteiger charge is 2.03. The van der Waals surface area contributed by atoms with Crippen molar-refractivity contribution in [2.75, 3.05) is 0 Å². The third-order valence-corrected chi connectivity index (χ3v) is 2.20. The van der Waals surface area contributed by atoms with Crippen LogP contribution in [0.1, 0.15) is 0 Å².